The van der Waals surface area contributed by atoms with Crippen LogP contribution in [0.15, 0.2) is 84.3 Å². The zero-order valence-corrected chi connectivity index (χ0v) is 22.4. The molecule has 0 spiro atoms. The van der Waals surface area contributed by atoms with Gasteiger partial charge >= 0.3 is 0 Å². The number of carbonyl (C=O) groups is 1. The van der Waals surface area contributed by atoms with Crippen LogP contribution in [-0.2, 0) is 0 Å². The Morgan fingerprint density at radius 2 is 1.90 bits per heavy atom. The molecular weight excluding hydrogens is 522 g/mol. The zero-order valence-electron chi connectivity index (χ0n) is 21.6. The van der Waals surface area contributed by atoms with Crippen molar-refractivity contribution in [2.45, 2.75) is 19.9 Å². The number of hydrogen-bond donors (Lipinski definition) is 2. The monoisotopic (exact) mass is 545 g/mol. The van der Waals surface area contributed by atoms with Gasteiger partial charge in [0.25, 0.3) is 11.5 Å². The molecule has 4 heterocycles. The van der Waals surface area contributed by atoms with Gasteiger partial charge in [-0.05, 0) is 49.4 Å². The first-order valence-corrected chi connectivity index (χ1v) is 13.3. The summed E-state index contributed by atoms with van der Waals surface area (Å²) in [7, 11) is 0. The zero-order chi connectivity index (χ0) is 27.8. The van der Waals surface area contributed by atoms with Crippen LogP contribution >= 0.6 is 11.3 Å². The topological polar surface area (TPSA) is 120 Å². The molecule has 0 bridgehead atoms. The predicted octanol–water partition coefficient (Wildman–Crippen LogP) is 4.27. The molecule has 40 heavy (non-hydrogen) atoms. The second kappa shape index (κ2) is 10.1. The maximum atomic E-state index is 14.2. The number of rotatable bonds is 4. The largest absolute Gasteiger partial charge is 0.383 e. The molecule has 10 heteroatoms. The summed E-state index contributed by atoms with van der Waals surface area (Å²) < 4.78 is 3.25. The third kappa shape index (κ3) is 4.48. The van der Waals surface area contributed by atoms with E-state index in [0.717, 1.165) is 15.3 Å². The van der Waals surface area contributed by atoms with Crippen LogP contribution in [0.1, 0.15) is 44.5 Å². The summed E-state index contributed by atoms with van der Waals surface area (Å²) in [5, 5.41) is 5.14. The Bertz CT molecular complexity index is 2030. The van der Waals surface area contributed by atoms with Crippen molar-refractivity contribution in [1.29, 1.82) is 0 Å². The van der Waals surface area contributed by atoms with Crippen molar-refractivity contribution in [3.8, 4) is 17.5 Å². The molecule has 6 rings (SSSR count). The number of nitrogens with two attached hydrogens (primary N) is 1. The van der Waals surface area contributed by atoms with E-state index in [-0.39, 0.29) is 16.9 Å². The van der Waals surface area contributed by atoms with Crippen LogP contribution < -0.4 is 16.6 Å². The molecule has 0 aliphatic carbocycles. The van der Waals surface area contributed by atoms with Crippen molar-refractivity contribution in [3.63, 3.8) is 0 Å². The second-order valence-corrected chi connectivity index (χ2v) is 10.4. The van der Waals surface area contributed by atoms with Crippen LogP contribution in [0, 0.1) is 18.8 Å². The van der Waals surface area contributed by atoms with E-state index in [0.29, 0.717) is 28.0 Å². The Morgan fingerprint density at radius 1 is 1.07 bits per heavy atom. The van der Waals surface area contributed by atoms with Crippen LogP contribution in [-0.4, -0.2) is 29.8 Å². The number of hydrogen-bond acceptors (Lipinski definition) is 7. The van der Waals surface area contributed by atoms with E-state index in [2.05, 4.69) is 32.1 Å². The number of carbonyl (C=O) groups excluding carboxylic acids is 1. The first kappa shape index (κ1) is 25.0. The molecule has 6 aromatic rings. The summed E-state index contributed by atoms with van der Waals surface area (Å²) >= 11 is 1.50. The Labute approximate surface area is 233 Å². The van der Waals surface area contributed by atoms with Gasteiger partial charge in [-0.15, -0.1) is 11.3 Å². The van der Waals surface area contributed by atoms with Gasteiger partial charge in [-0.2, -0.15) is 0 Å². The highest BCUT2D eigenvalue weighted by Crippen LogP contribution is 2.24. The molecule has 0 saturated carbocycles. The smallest absolute Gasteiger partial charge is 0.264 e. The maximum Gasteiger partial charge on any atom is 0.264 e. The first-order chi connectivity index (χ1) is 19.4. The number of nitrogens with one attached hydrogen (secondary N) is 1. The first-order valence-electron chi connectivity index (χ1n) is 12.5. The fourth-order valence-corrected chi connectivity index (χ4v) is 5.29. The number of aromatic nitrogens is 5. The molecule has 0 saturated heterocycles. The molecule has 1 amide bonds. The van der Waals surface area contributed by atoms with Gasteiger partial charge in [-0.1, -0.05) is 36.3 Å². The Morgan fingerprint density at radius 3 is 2.67 bits per heavy atom. The lowest BCUT2D eigenvalue weighted by Crippen LogP contribution is -2.33. The maximum absolute atomic E-state index is 14.2. The predicted molar refractivity (Wildman–Crippen MR) is 156 cm³/mol. The van der Waals surface area contributed by atoms with E-state index < -0.39 is 11.9 Å². The lowest BCUT2D eigenvalue weighted by Gasteiger charge is -2.21. The normalized spacial score (nSPS) is 11.8. The number of nitrogen functional groups attached to an aromatic ring is 1. The molecule has 1 atom stereocenters. The van der Waals surface area contributed by atoms with Crippen LogP contribution in [0.5, 0.6) is 0 Å². The van der Waals surface area contributed by atoms with E-state index in [9.17, 15) is 9.59 Å². The molecule has 0 radical (unpaired) electrons. The lowest BCUT2D eigenvalue weighted by atomic mass is 10.0. The van der Waals surface area contributed by atoms with Crippen molar-refractivity contribution in [2.24, 2.45) is 0 Å². The quantitative estimate of drug-likeness (QED) is 0.319. The summed E-state index contributed by atoms with van der Waals surface area (Å²) in [5.74, 6) is 5.93. The van der Waals surface area contributed by atoms with Crippen molar-refractivity contribution in [2.75, 3.05) is 5.73 Å². The van der Waals surface area contributed by atoms with Gasteiger partial charge in [0, 0.05) is 29.3 Å². The van der Waals surface area contributed by atoms with Gasteiger partial charge in [0.15, 0.2) is 5.65 Å². The molecule has 0 unspecified atom stereocenters. The highest BCUT2D eigenvalue weighted by Gasteiger charge is 2.23. The summed E-state index contributed by atoms with van der Waals surface area (Å²) in [6.45, 7) is 3.75. The van der Waals surface area contributed by atoms with E-state index >= 15 is 0 Å². The Kier molecular flexibility index (Phi) is 6.34. The highest BCUT2D eigenvalue weighted by atomic mass is 32.1. The lowest BCUT2D eigenvalue weighted by molar-refractivity contribution is 0.0940. The number of benzene rings is 2. The molecule has 196 valence electrons. The Hall–Kier alpha value is -5.27. The molecule has 9 nitrogen and oxygen atoms in total. The average molecular weight is 546 g/mol. The van der Waals surface area contributed by atoms with Gasteiger partial charge in [0.05, 0.1) is 27.5 Å². The van der Waals surface area contributed by atoms with Crippen molar-refractivity contribution in [3.05, 3.63) is 117 Å². The number of thiazole rings is 1. The summed E-state index contributed by atoms with van der Waals surface area (Å²) in [6.07, 6.45) is 6.50. The van der Waals surface area contributed by atoms with E-state index in [1.54, 1.807) is 27.6 Å². The van der Waals surface area contributed by atoms with E-state index in [4.69, 9.17) is 5.73 Å². The van der Waals surface area contributed by atoms with Crippen LogP contribution in [0.2, 0.25) is 0 Å². The van der Waals surface area contributed by atoms with Crippen LogP contribution in [0.25, 0.3) is 22.1 Å². The number of amides is 1. The third-order valence-corrected chi connectivity index (χ3v) is 7.35. The molecule has 0 aliphatic rings. The summed E-state index contributed by atoms with van der Waals surface area (Å²) in [4.78, 5) is 41.1. The van der Waals surface area contributed by atoms with E-state index in [1.165, 1.54) is 17.7 Å². The van der Waals surface area contributed by atoms with Gasteiger partial charge in [-0.25, -0.2) is 15.0 Å². The minimum atomic E-state index is -0.575. The molecular formula is C30H23N7O2S. The van der Waals surface area contributed by atoms with Gasteiger partial charge in [0.1, 0.15) is 17.7 Å². The highest BCUT2D eigenvalue weighted by molar-refractivity contribution is 7.12. The molecule has 4 aromatic heterocycles. The fourth-order valence-electron chi connectivity index (χ4n) is 4.66. The van der Waals surface area contributed by atoms with E-state index in [1.807, 2.05) is 68.4 Å². The molecule has 2 aromatic carbocycles. The summed E-state index contributed by atoms with van der Waals surface area (Å²) in [6, 6.07) is 16.2. The number of anilines is 1. The molecule has 3 N–H and O–H groups in total. The van der Waals surface area contributed by atoms with Crippen molar-refractivity contribution >= 4 is 39.5 Å². The minimum absolute atomic E-state index is 0.0710. The number of fused-ring (bicyclic) bond motifs is 2. The fraction of sp³-hybridized carbons (Fsp3) is 0.100. The van der Waals surface area contributed by atoms with Gasteiger partial charge < -0.3 is 11.1 Å². The number of aryl methyl sites for hydroxylation is 1. The standard InChI is InChI=1S/C30H23N7O2S/c1-18(35-29(38)26-27(31)34-17-36-14-13-32-28(26)36)24-15-21-8-6-7-20(11-12-23-16-33-19(2)40-23)25(21)30(39)37(24)22-9-4-3-5-10-22/h3-10,13-18H,31H2,1-2H3,(H,35,38)/t18-/m1/s1. The molecule has 0 aliphatic heterocycles. The van der Waals surface area contributed by atoms with Crippen LogP contribution in [0.4, 0.5) is 5.82 Å². The van der Waals surface area contributed by atoms with Crippen LogP contribution in [0.3, 0.4) is 0 Å². The minimum Gasteiger partial charge on any atom is -0.383 e. The number of para-hydroxylation sites is 1. The number of imidazole rings is 1. The van der Waals surface area contributed by atoms with Crippen molar-refractivity contribution < 1.29 is 4.79 Å². The number of pyridine rings is 1. The SMILES string of the molecule is Cc1ncc(C#Cc2cccc3cc([C@@H](C)NC(=O)c4c(N)ncn5ccnc45)n(-c4ccccc4)c(=O)c23)s1. The Balaban J connectivity index is 1.48. The van der Waals surface area contributed by atoms with Crippen molar-refractivity contribution in [1.82, 2.24) is 29.2 Å². The average Bonchev–Trinajstić information content (AvgIpc) is 3.60. The van der Waals surface area contributed by atoms with Gasteiger partial charge in [-0.3, -0.25) is 18.6 Å². The summed E-state index contributed by atoms with van der Waals surface area (Å²) in [5.41, 5.74) is 8.29. The van der Waals surface area contributed by atoms with Gasteiger partial charge in [0.2, 0.25) is 0 Å². The molecule has 0 fully saturated rings. The third-order valence-electron chi connectivity index (χ3n) is 6.52. The number of nitrogens with zero attached hydrogens (tertiary/aromatic N) is 5. The second-order valence-electron chi connectivity index (χ2n) is 9.17.